The Labute approximate surface area is 195 Å². The van der Waals surface area contributed by atoms with Crippen LogP contribution in [0.15, 0.2) is 76.0 Å². The minimum atomic E-state index is -0.187. The summed E-state index contributed by atoms with van der Waals surface area (Å²) < 4.78 is 4.09. The quantitative estimate of drug-likeness (QED) is 0.360. The van der Waals surface area contributed by atoms with E-state index in [0.717, 1.165) is 11.1 Å². The van der Waals surface area contributed by atoms with Crippen LogP contribution < -0.4 is 10.9 Å². The van der Waals surface area contributed by atoms with Crippen LogP contribution in [0.2, 0.25) is 5.02 Å². The maximum Gasteiger partial charge on any atom is 0.273 e. The molecule has 5 rings (SSSR count). The van der Waals surface area contributed by atoms with Crippen molar-refractivity contribution in [3.63, 3.8) is 0 Å². The number of fused-ring (bicyclic) bond motifs is 3. The molecule has 10 heteroatoms. The lowest BCUT2D eigenvalue weighted by molar-refractivity contribution is -0.113. The zero-order valence-corrected chi connectivity index (χ0v) is 19.0. The molecule has 1 N–H and O–H groups in total. The van der Waals surface area contributed by atoms with Crippen LogP contribution in [0.3, 0.4) is 0 Å². The molecule has 0 spiro atoms. The van der Waals surface area contributed by atoms with Gasteiger partial charge in [0.2, 0.25) is 11.7 Å². The van der Waals surface area contributed by atoms with Gasteiger partial charge in [-0.25, -0.2) is 0 Å². The molecule has 0 saturated carbocycles. The predicted molar refractivity (Wildman–Crippen MR) is 129 cm³/mol. The highest BCUT2D eigenvalue weighted by Gasteiger charge is 2.18. The number of nitrogens with one attached hydrogen (secondary N) is 1. The Morgan fingerprint density at radius 2 is 1.94 bits per heavy atom. The van der Waals surface area contributed by atoms with Crippen LogP contribution in [0.4, 0.5) is 5.69 Å². The van der Waals surface area contributed by atoms with Crippen LogP contribution in [-0.2, 0) is 11.3 Å². The summed E-state index contributed by atoms with van der Waals surface area (Å²) in [5, 5.41) is 14.4. The maximum absolute atomic E-state index is 13.1. The SMILES string of the molecule is O=C(CSc1nnc2n(Cc3ccccc3)c(=O)c3sccc3n12)Nc1cccc(Cl)c1. The molecular weight excluding hydrogens is 466 g/mol. The van der Waals surface area contributed by atoms with E-state index in [-0.39, 0.29) is 17.2 Å². The molecule has 7 nitrogen and oxygen atoms in total. The van der Waals surface area contributed by atoms with Crippen LogP contribution in [0.25, 0.3) is 16.0 Å². The maximum atomic E-state index is 13.1. The number of hydrogen-bond donors (Lipinski definition) is 1. The third-order valence-electron chi connectivity index (χ3n) is 4.81. The number of amides is 1. The molecule has 0 atom stereocenters. The van der Waals surface area contributed by atoms with Gasteiger partial charge >= 0.3 is 0 Å². The van der Waals surface area contributed by atoms with E-state index < -0.39 is 0 Å². The fourth-order valence-corrected chi connectivity index (χ4v) is 5.15. The smallest absolute Gasteiger partial charge is 0.273 e. The van der Waals surface area contributed by atoms with Crippen molar-refractivity contribution in [2.45, 2.75) is 11.7 Å². The largest absolute Gasteiger partial charge is 0.325 e. The number of carbonyl (C=O) groups is 1. The number of rotatable bonds is 6. The van der Waals surface area contributed by atoms with Gasteiger partial charge in [-0.15, -0.1) is 21.5 Å². The first-order valence-corrected chi connectivity index (χ1v) is 11.9. The van der Waals surface area contributed by atoms with Crippen molar-refractivity contribution in [3.8, 4) is 0 Å². The van der Waals surface area contributed by atoms with E-state index in [1.54, 1.807) is 28.8 Å². The summed E-state index contributed by atoms with van der Waals surface area (Å²) in [6.07, 6.45) is 0. The van der Waals surface area contributed by atoms with Gasteiger partial charge in [0.05, 0.1) is 17.8 Å². The molecule has 1 amide bonds. The number of aromatic nitrogens is 4. The van der Waals surface area contributed by atoms with Gasteiger partial charge in [0.15, 0.2) is 5.16 Å². The lowest BCUT2D eigenvalue weighted by Crippen LogP contribution is -2.23. The summed E-state index contributed by atoms with van der Waals surface area (Å²) in [5.74, 6) is 0.396. The average Bonchev–Trinajstić information content (AvgIpc) is 3.43. The Kier molecular flexibility index (Phi) is 5.69. The summed E-state index contributed by atoms with van der Waals surface area (Å²) in [6.45, 7) is 0.384. The van der Waals surface area contributed by atoms with E-state index in [9.17, 15) is 9.59 Å². The Hall–Kier alpha value is -3.14. The number of hydrogen-bond acceptors (Lipinski definition) is 6. The Morgan fingerprint density at radius 1 is 1.09 bits per heavy atom. The number of thiophene rings is 1. The van der Waals surface area contributed by atoms with E-state index >= 15 is 0 Å². The average molecular weight is 482 g/mol. The first-order valence-electron chi connectivity index (χ1n) is 9.67. The number of anilines is 1. The highest BCUT2D eigenvalue weighted by molar-refractivity contribution is 7.99. The van der Waals surface area contributed by atoms with Gasteiger partial charge < -0.3 is 5.32 Å². The first-order chi connectivity index (χ1) is 15.6. The van der Waals surface area contributed by atoms with E-state index in [1.165, 1.54) is 23.1 Å². The van der Waals surface area contributed by atoms with Gasteiger partial charge in [-0.05, 0) is 35.2 Å². The van der Waals surface area contributed by atoms with Gasteiger partial charge in [0, 0.05) is 10.7 Å². The van der Waals surface area contributed by atoms with Crippen LogP contribution in [0.5, 0.6) is 0 Å². The van der Waals surface area contributed by atoms with Gasteiger partial charge in [-0.2, -0.15) is 0 Å². The molecule has 0 aliphatic heterocycles. The number of halogens is 1. The fraction of sp³-hybridized carbons (Fsp3) is 0.0909. The molecule has 32 heavy (non-hydrogen) atoms. The third kappa shape index (κ3) is 4.02. The predicted octanol–water partition coefficient (Wildman–Crippen LogP) is 4.54. The van der Waals surface area contributed by atoms with Gasteiger partial charge in [0.1, 0.15) is 4.70 Å². The summed E-state index contributed by atoms with van der Waals surface area (Å²) in [7, 11) is 0. The molecule has 3 heterocycles. The highest BCUT2D eigenvalue weighted by atomic mass is 35.5. The van der Waals surface area contributed by atoms with Crippen molar-refractivity contribution in [3.05, 3.63) is 87.0 Å². The molecule has 2 aromatic carbocycles. The van der Waals surface area contributed by atoms with E-state index in [4.69, 9.17) is 11.6 Å². The van der Waals surface area contributed by atoms with Crippen LogP contribution in [-0.4, -0.2) is 30.8 Å². The molecule has 3 aromatic heterocycles. The summed E-state index contributed by atoms with van der Waals surface area (Å²) in [4.78, 5) is 25.6. The van der Waals surface area contributed by atoms with Gasteiger partial charge in [-0.3, -0.25) is 18.6 Å². The zero-order chi connectivity index (χ0) is 22.1. The molecular formula is C22H16ClN5O2S2. The molecule has 0 saturated heterocycles. The van der Waals surface area contributed by atoms with Crippen molar-refractivity contribution in [1.29, 1.82) is 0 Å². The van der Waals surface area contributed by atoms with Crippen molar-refractivity contribution >= 4 is 62.3 Å². The van der Waals surface area contributed by atoms with Crippen LogP contribution >= 0.6 is 34.7 Å². The minimum absolute atomic E-state index is 0.103. The molecule has 160 valence electrons. The van der Waals surface area contributed by atoms with Crippen molar-refractivity contribution in [1.82, 2.24) is 19.2 Å². The van der Waals surface area contributed by atoms with Crippen molar-refractivity contribution in [2.75, 3.05) is 11.1 Å². The first kappa shape index (κ1) is 20.7. The Balaban J connectivity index is 1.47. The number of nitrogens with zero attached hydrogens (tertiary/aromatic N) is 4. The highest BCUT2D eigenvalue weighted by Crippen LogP contribution is 2.25. The van der Waals surface area contributed by atoms with Crippen LogP contribution in [0, 0.1) is 0 Å². The standard InChI is InChI=1S/C22H16ClN5O2S2/c23-15-7-4-8-16(11-15)24-18(29)13-32-22-26-25-21-27(12-14-5-2-1-3-6-14)20(30)19-17(28(21)22)9-10-31-19/h1-11H,12-13H2,(H,24,29). The number of carbonyl (C=O) groups excluding carboxylic acids is 1. The molecule has 0 bridgehead atoms. The molecule has 5 aromatic rings. The van der Waals surface area contributed by atoms with E-state index in [0.29, 0.717) is 32.9 Å². The lowest BCUT2D eigenvalue weighted by atomic mass is 10.2. The van der Waals surface area contributed by atoms with E-state index in [2.05, 4.69) is 15.5 Å². The topological polar surface area (TPSA) is 81.3 Å². The van der Waals surface area contributed by atoms with Gasteiger partial charge in [-0.1, -0.05) is 59.8 Å². The zero-order valence-electron chi connectivity index (χ0n) is 16.6. The lowest BCUT2D eigenvalue weighted by Gasteiger charge is -2.09. The molecule has 0 fully saturated rings. The van der Waals surface area contributed by atoms with Crippen LogP contribution in [0.1, 0.15) is 5.56 Å². The molecule has 0 radical (unpaired) electrons. The monoisotopic (exact) mass is 481 g/mol. The van der Waals surface area contributed by atoms with Crippen molar-refractivity contribution < 1.29 is 4.79 Å². The summed E-state index contributed by atoms with van der Waals surface area (Å²) in [6, 6.07) is 18.6. The molecule has 0 aliphatic rings. The third-order valence-corrected chi connectivity index (χ3v) is 6.86. The van der Waals surface area contributed by atoms with Gasteiger partial charge in [0.25, 0.3) is 5.56 Å². The second kappa shape index (κ2) is 8.78. The molecule has 0 aliphatic carbocycles. The number of benzene rings is 2. The second-order valence-electron chi connectivity index (χ2n) is 6.98. The Bertz CT molecular complexity index is 1490. The fourth-order valence-electron chi connectivity index (χ4n) is 3.40. The summed E-state index contributed by atoms with van der Waals surface area (Å²) >= 11 is 8.62. The normalized spacial score (nSPS) is 11.3. The second-order valence-corrected chi connectivity index (χ2v) is 9.27. The van der Waals surface area contributed by atoms with Crippen molar-refractivity contribution in [2.24, 2.45) is 0 Å². The Morgan fingerprint density at radius 3 is 2.75 bits per heavy atom. The van der Waals surface area contributed by atoms with E-state index in [1.807, 2.05) is 46.2 Å². The summed E-state index contributed by atoms with van der Waals surface area (Å²) in [5.41, 5.74) is 2.26. The minimum Gasteiger partial charge on any atom is -0.325 e. The number of thioether (sulfide) groups is 1. The molecule has 0 unspecified atom stereocenters.